The Morgan fingerprint density at radius 2 is 1.87 bits per heavy atom. The smallest absolute Gasteiger partial charge is 0.254 e. The fourth-order valence-corrected chi connectivity index (χ4v) is 3.78. The lowest BCUT2D eigenvalue weighted by Gasteiger charge is -2.14. The average molecular weight is 409 g/mol. The van der Waals surface area contributed by atoms with Gasteiger partial charge in [-0.1, -0.05) is 30.3 Å². The Morgan fingerprint density at radius 1 is 1.10 bits per heavy atom. The summed E-state index contributed by atoms with van der Waals surface area (Å²) >= 11 is 0. The number of H-pyrrole nitrogens is 1. The first-order valence-electron chi connectivity index (χ1n) is 9.90. The lowest BCUT2D eigenvalue weighted by molar-refractivity contribution is -0.125. The summed E-state index contributed by atoms with van der Waals surface area (Å²) in [4.78, 5) is 32.7. The zero-order valence-corrected chi connectivity index (χ0v) is 16.3. The van der Waals surface area contributed by atoms with E-state index in [1.807, 2.05) is 30.3 Å². The summed E-state index contributed by atoms with van der Waals surface area (Å²) in [6, 6.07) is 12.6. The molecule has 1 unspecified atom stereocenters. The molecule has 154 valence electrons. The summed E-state index contributed by atoms with van der Waals surface area (Å²) in [5.41, 5.74) is 2.07. The number of carbonyl (C=O) groups excluding carboxylic acids is 1. The Bertz CT molecular complexity index is 1130. The maximum Gasteiger partial charge on any atom is 0.254 e. The molecule has 0 saturated heterocycles. The van der Waals surface area contributed by atoms with Crippen molar-refractivity contribution in [3.8, 4) is 11.4 Å². The Labute approximate surface area is 172 Å². The van der Waals surface area contributed by atoms with Gasteiger partial charge in [0, 0.05) is 29.2 Å². The molecule has 1 aromatic heterocycles. The number of halogens is 2. The monoisotopic (exact) mass is 409 g/mol. The summed E-state index contributed by atoms with van der Waals surface area (Å²) in [5.74, 6) is -1.15. The normalized spacial score (nSPS) is 15.9. The van der Waals surface area contributed by atoms with Crippen molar-refractivity contribution in [1.82, 2.24) is 15.3 Å². The third-order valence-electron chi connectivity index (χ3n) is 5.45. The van der Waals surface area contributed by atoms with Crippen molar-refractivity contribution in [1.29, 1.82) is 0 Å². The van der Waals surface area contributed by atoms with Gasteiger partial charge < -0.3 is 10.3 Å². The SMILES string of the molecule is O=C(NCc1cc(F)ccc1F)C1CCc2nc(-c3ccccc3)[nH]c(=O)c2CC1. The van der Waals surface area contributed by atoms with Crippen molar-refractivity contribution in [2.24, 2.45) is 5.92 Å². The van der Waals surface area contributed by atoms with E-state index in [1.54, 1.807) is 0 Å². The van der Waals surface area contributed by atoms with Crippen LogP contribution in [0.2, 0.25) is 0 Å². The number of rotatable bonds is 4. The van der Waals surface area contributed by atoms with Crippen molar-refractivity contribution >= 4 is 5.91 Å². The van der Waals surface area contributed by atoms with Crippen molar-refractivity contribution in [2.75, 3.05) is 0 Å². The highest BCUT2D eigenvalue weighted by Gasteiger charge is 2.25. The number of nitrogens with one attached hydrogen (secondary N) is 2. The predicted molar refractivity (Wildman–Crippen MR) is 109 cm³/mol. The summed E-state index contributed by atoms with van der Waals surface area (Å²) in [6.45, 7) is -0.0805. The number of aromatic nitrogens is 2. The maximum atomic E-state index is 13.8. The number of nitrogens with zero attached hydrogens (tertiary/aromatic N) is 1. The summed E-state index contributed by atoms with van der Waals surface area (Å²) in [5, 5.41) is 2.69. The maximum absolute atomic E-state index is 13.8. The molecule has 1 aliphatic carbocycles. The molecule has 2 N–H and O–H groups in total. The minimum atomic E-state index is -0.561. The van der Waals surface area contributed by atoms with E-state index in [4.69, 9.17) is 0 Å². The van der Waals surface area contributed by atoms with Crippen molar-refractivity contribution in [3.05, 3.63) is 87.3 Å². The number of benzene rings is 2. The van der Waals surface area contributed by atoms with Crippen LogP contribution in [-0.2, 0) is 24.2 Å². The third-order valence-corrected chi connectivity index (χ3v) is 5.45. The molecular weight excluding hydrogens is 388 g/mol. The second kappa shape index (κ2) is 8.57. The summed E-state index contributed by atoms with van der Waals surface area (Å²) < 4.78 is 27.1. The molecule has 0 radical (unpaired) electrons. The van der Waals surface area contributed by atoms with Crippen LogP contribution in [0.5, 0.6) is 0 Å². The molecule has 5 nitrogen and oxygen atoms in total. The van der Waals surface area contributed by atoms with Crippen LogP contribution < -0.4 is 10.9 Å². The molecular formula is C23H21F2N3O2. The quantitative estimate of drug-likeness (QED) is 0.648. The van der Waals surface area contributed by atoms with E-state index in [2.05, 4.69) is 15.3 Å². The largest absolute Gasteiger partial charge is 0.352 e. The molecule has 0 spiro atoms. The van der Waals surface area contributed by atoms with E-state index < -0.39 is 11.6 Å². The molecule has 0 aliphatic heterocycles. The first-order valence-corrected chi connectivity index (χ1v) is 9.90. The Morgan fingerprint density at radius 3 is 2.67 bits per heavy atom. The highest BCUT2D eigenvalue weighted by molar-refractivity contribution is 5.78. The molecule has 1 atom stereocenters. The number of aromatic amines is 1. The van der Waals surface area contributed by atoms with Crippen molar-refractivity contribution < 1.29 is 13.6 Å². The number of hydrogen-bond donors (Lipinski definition) is 2. The predicted octanol–water partition coefficient (Wildman–Crippen LogP) is 3.53. The Kier molecular flexibility index (Phi) is 5.70. The van der Waals surface area contributed by atoms with Gasteiger partial charge in [0.25, 0.3) is 5.56 Å². The van der Waals surface area contributed by atoms with Gasteiger partial charge in [0.2, 0.25) is 5.91 Å². The molecule has 2 aromatic carbocycles. The lowest BCUT2D eigenvalue weighted by Crippen LogP contribution is -2.31. The second-order valence-corrected chi connectivity index (χ2v) is 7.43. The van der Waals surface area contributed by atoms with Gasteiger partial charge >= 0.3 is 0 Å². The van der Waals surface area contributed by atoms with Crippen LogP contribution in [0, 0.1) is 17.6 Å². The molecule has 1 heterocycles. The molecule has 4 rings (SSSR count). The van der Waals surface area contributed by atoms with Crippen LogP contribution in [0.4, 0.5) is 8.78 Å². The van der Waals surface area contributed by atoms with E-state index in [-0.39, 0.29) is 29.5 Å². The highest BCUT2D eigenvalue weighted by Crippen LogP contribution is 2.24. The minimum Gasteiger partial charge on any atom is -0.352 e. The van der Waals surface area contributed by atoms with Gasteiger partial charge in [-0.15, -0.1) is 0 Å². The first kappa shape index (κ1) is 19.9. The molecule has 7 heteroatoms. The Balaban J connectivity index is 1.46. The van der Waals surface area contributed by atoms with Gasteiger partial charge in [-0.05, 0) is 43.9 Å². The molecule has 1 aliphatic rings. The second-order valence-electron chi connectivity index (χ2n) is 7.43. The van der Waals surface area contributed by atoms with Gasteiger partial charge in [0.05, 0.1) is 5.69 Å². The van der Waals surface area contributed by atoms with Crippen LogP contribution in [0.1, 0.15) is 29.7 Å². The van der Waals surface area contributed by atoms with Crippen LogP contribution in [0.3, 0.4) is 0 Å². The van der Waals surface area contributed by atoms with Gasteiger partial charge in [-0.2, -0.15) is 0 Å². The van der Waals surface area contributed by atoms with Crippen LogP contribution in [0.15, 0.2) is 53.3 Å². The van der Waals surface area contributed by atoms with Gasteiger partial charge in [-0.25, -0.2) is 13.8 Å². The third kappa shape index (κ3) is 4.30. The topological polar surface area (TPSA) is 74.8 Å². The summed E-state index contributed by atoms with van der Waals surface area (Å²) in [6.07, 6.45) is 1.99. The number of fused-ring (bicyclic) bond motifs is 1. The zero-order valence-electron chi connectivity index (χ0n) is 16.3. The minimum absolute atomic E-state index is 0.0805. The van der Waals surface area contributed by atoms with Crippen LogP contribution >= 0.6 is 0 Å². The molecule has 0 fully saturated rings. The highest BCUT2D eigenvalue weighted by atomic mass is 19.1. The van der Waals surface area contributed by atoms with Gasteiger partial charge in [-0.3, -0.25) is 9.59 Å². The van der Waals surface area contributed by atoms with E-state index in [0.717, 1.165) is 23.8 Å². The molecule has 30 heavy (non-hydrogen) atoms. The van der Waals surface area contributed by atoms with E-state index in [9.17, 15) is 18.4 Å². The summed E-state index contributed by atoms with van der Waals surface area (Å²) in [7, 11) is 0. The molecule has 1 amide bonds. The van der Waals surface area contributed by atoms with Crippen LogP contribution in [0.25, 0.3) is 11.4 Å². The average Bonchev–Trinajstić information content (AvgIpc) is 2.98. The fraction of sp³-hybridized carbons (Fsp3) is 0.261. The van der Waals surface area contributed by atoms with E-state index in [0.29, 0.717) is 42.8 Å². The number of carbonyl (C=O) groups is 1. The van der Waals surface area contributed by atoms with Gasteiger partial charge in [0.15, 0.2) is 0 Å². The lowest BCUT2D eigenvalue weighted by atomic mass is 9.98. The number of amides is 1. The Hall–Kier alpha value is -3.35. The van der Waals surface area contributed by atoms with Crippen LogP contribution in [-0.4, -0.2) is 15.9 Å². The number of aryl methyl sites for hydroxylation is 1. The molecule has 0 saturated carbocycles. The van der Waals surface area contributed by atoms with E-state index in [1.165, 1.54) is 0 Å². The molecule has 3 aromatic rings. The fourth-order valence-electron chi connectivity index (χ4n) is 3.78. The zero-order chi connectivity index (χ0) is 21.1. The first-order chi connectivity index (χ1) is 14.5. The standard InChI is InChI=1S/C23H21F2N3O2/c24-17-8-10-19(25)16(12-17)13-26-22(29)15-6-9-18-20(11-7-15)27-21(28-23(18)30)14-4-2-1-3-5-14/h1-5,8,10,12,15H,6-7,9,11,13H2,(H,26,29)(H,27,28,30). The van der Waals surface area contributed by atoms with Crippen molar-refractivity contribution in [2.45, 2.75) is 32.2 Å². The number of hydrogen-bond acceptors (Lipinski definition) is 3. The van der Waals surface area contributed by atoms with Gasteiger partial charge in [0.1, 0.15) is 17.5 Å². The van der Waals surface area contributed by atoms with Crippen molar-refractivity contribution in [3.63, 3.8) is 0 Å². The van der Waals surface area contributed by atoms with E-state index >= 15 is 0 Å². The molecule has 0 bridgehead atoms.